The molecule has 116 valence electrons. The Labute approximate surface area is 139 Å². The van der Waals surface area contributed by atoms with Gasteiger partial charge in [0, 0.05) is 4.47 Å². The molecule has 2 rings (SSSR count). The van der Waals surface area contributed by atoms with Crippen LogP contribution in [0, 0.1) is 0 Å². The Kier molecular flexibility index (Phi) is 6.01. The molecular weight excluding hydrogens is 342 g/mol. The second-order valence-corrected chi connectivity index (χ2v) is 6.02. The summed E-state index contributed by atoms with van der Waals surface area (Å²) in [5.41, 5.74) is 2.10. The van der Waals surface area contributed by atoms with Gasteiger partial charge in [0.1, 0.15) is 5.75 Å². The molecule has 0 radical (unpaired) electrons. The minimum absolute atomic E-state index is 0.0277. The van der Waals surface area contributed by atoms with E-state index in [0.29, 0.717) is 6.42 Å². The molecule has 1 N–H and O–H groups in total. The first-order valence-corrected chi connectivity index (χ1v) is 8.09. The molecule has 22 heavy (non-hydrogen) atoms. The first-order valence-electron chi connectivity index (χ1n) is 7.30. The number of amides is 1. The Morgan fingerprint density at radius 3 is 2.32 bits per heavy atom. The van der Waals surface area contributed by atoms with Crippen molar-refractivity contribution in [2.45, 2.75) is 25.8 Å². The summed E-state index contributed by atoms with van der Waals surface area (Å²) >= 11 is 3.43. The number of ether oxygens (including phenoxy) is 1. The quantitative estimate of drug-likeness (QED) is 0.834. The van der Waals surface area contributed by atoms with Gasteiger partial charge in [0.2, 0.25) is 5.91 Å². The summed E-state index contributed by atoms with van der Waals surface area (Å²) in [5, 5.41) is 3.09. The van der Waals surface area contributed by atoms with Crippen LogP contribution < -0.4 is 10.1 Å². The van der Waals surface area contributed by atoms with Crippen molar-refractivity contribution < 1.29 is 9.53 Å². The molecule has 0 saturated carbocycles. The highest BCUT2D eigenvalue weighted by Gasteiger charge is 2.13. The average molecular weight is 362 g/mol. The van der Waals surface area contributed by atoms with Crippen LogP contribution >= 0.6 is 15.9 Å². The molecule has 3 nitrogen and oxygen atoms in total. The lowest BCUT2D eigenvalue weighted by Crippen LogP contribution is -2.29. The molecule has 1 unspecified atom stereocenters. The van der Waals surface area contributed by atoms with E-state index in [1.807, 2.05) is 48.5 Å². The standard InChI is InChI=1S/C18H20BrNO2/c1-3-17(14-6-8-15(19)9-7-14)20-18(21)12-13-4-10-16(22-2)11-5-13/h4-11,17H,3,12H2,1-2H3,(H,20,21). The molecule has 0 heterocycles. The van der Waals surface area contributed by atoms with E-state index in [9.17, 15) is 4.79 Å². The number of carbonyl (C=O) groups excluding carboxylic acids is 1. The maximum absolute atomic E-state index is 12.2. The van der Waals surface area contributed by atoms with Crippen molar-refractivity contribution in [3.05, 3.63) is 64.1 Å². The van der Waals surface area contributed by atoms with E-state index in [1.165, 1.54) is 0 Å². The maximum Gasteiger partial charge on any atom is 0.224 e. The molecule has 2 aromatic carbocycles. The average Bonchev–Trinajstić information content (AvgIpc) is 2.54. The number of rotatable bonds is 6. The fourth-order valence-corrected chi connectivity index (χ4v) is 2.55. The number of hydrogen-bond donors (Lipinski definition) is 1. The normalized spacial score (nSPS) is 11.8. The van der Waals surface area contributed by atoms with Gasteiger partial charge >= 0.3 is 0 Å². The second kappa shape index (κ2) is 7.99. The van der Waals surface area contributed by atoms with E-state index in [4.69, 9.17) is 4.74 Å². The van der Waals surface area contributed by atoms with E-state index in [1.54, 1.807) is 7.11 Å². The minimum Gasteiger partial charge on any atom is -0.497 e. The third kappa shape index (κ3) is 4.60. The van der Waals surface area contributed by atoms with Crippen LogP contribution in [0.3, 0.4) is 0 Å². The van der Waals surface area contributed by atoms with E-state index < -0.39 is 0 Å². The second-order valence-electron chi connectivity index (χ2n) is 5.10. The molecule has 0 fully saturated rings. The third-order valence-electron chi connectivity index (χ3n) is 3.54. The number of carbonyl (C=O) groups is 1. The van der Waals surface area contributed by atoms with Crippen molar-refractivity contribution in [2.75, 3.05) is 7.11 Å². The van der Waals surface area contributed by atoms with Crippen LogP contribution in [0.1, 0.15) is 30.5 Å². The van der Waals surface area contributed by atoms with E-state index in [2.05, 4.69) is 28.2 Å². The van der Waals surface area contributed by atoms with Gasteiger partial charge in [-0.1, -0.05) is 47.1 Å². The Morgan fingerprint density at radius 1 is 1.14 bits per heavy atom. The van der Waals surface area contributed by atoms with E-state index in [-0.39, 0.29) is 11.9 Å². The summed E-state index contributed by atoms with van der Waals surface area (Å²) in [6, 6.07) is 15.7. The topological polar surface area (TPSA) is 38.3 Å². The maximum atomic E-state index is 12.2. The fraction of sp³-hybridized carbons (Fsp3) is 0.278. The van der Waals surface area contributed by atoms with Gasteiger partial charge in [-0.3, -0.25) is 4.79 Å². The molecule has 0 bridgehead atoms. The van der Waals surface area contributed by atoms with Crippen molar-refractivity contribution in [2.24, 2.45) is 0 Å². The smallest absolute Gasteiger partial charge is 0.224 e. The van der Waals surface area contributed by atoms with Crippen molar-refractivity contribution in [1.29, 1.82) is 0 Å². The molecule has 0 aliphatic carbocycles. The summed E-state index contributed by atoms with van der Waals surface area (Å²) in [7, 11) is 1.63. The summed E-state index contributed by atoms with van der Waals surface area (Å²) < 4.78 is 6.16. The number of nitrogens with one attached hydrogen (secondary N) is 1. The van der Waals surface area contributed by atoms with Crippen LogP contribution in [0.25, 0.3) is 0 Å². The molecule has 1 atom stereocenters. The van der Waals surface area contributed by atoms with Gasteiger partial charge in [-0.15, -0.1) is 0 Å². The highest BCUT2D eigenvalue weighted by Crippen LogP contribution is 2.20. The number of hydrogen-bond acceptors (Lipinski definition) is 2. The van der Waals surface area contributed by atoms with Gasteiger partial charge in [0.05, 0.1) is 19.6 Å². The lowest BCUT2D eigenvalue weighted by molar-refractivity contribution is -0.121. The summed E-state index contributed by atoms with van der Waals surface area (Å²) in [4.78, 5) is 12.2. The van der Waals surface area contributed by atoms with Crippen LogP contribution in [-0.2, 0) is 11.2 Å². The van der Waals surface area contributed by atoms with Crippen molar-refractivity contribution in [1.82, 2.24) is 5.32 Å². The Balaban J connectivity index is 1.98. The Bertz CT molecular complexity index is 608. The monoisotopic (exact) mass is 361 g/mol. The fourth-order valence-electron chi connectivity index (χ4n) is 2.29. The number of benzene rings is 2. The SMILES string of the molecule is CCC(NC(=O)Cc1ccc(OC)cc1)c1ccc(Br)cc1. The predicted molar refractivity (Wildman–Crippen MR) is 92.0 cm³/mol. The zero-order valence-corrected chi connectivity index (χ0v) is 14.4. The lowest BCUT2D eigenvalue weighted by atomic mass is 10.0. The summed E-state index contributed by atoms with van der Waals surface area (Å²) in [5.74, 6) is 0.824. The van der Waals surface area contributed by atoms with Crippen molar-refractivity contribution >= 4 is 21.8 Å². The highest BCUT2D eigenvalue weighted by atomic mass is 79.9. The van der Waals surface area contributed by atoms with Gasteiger partial charge in [0.15, 0.2) is 0 Å². The zero-order chi connectivity index (χ0) is 15.9. The lowest BCUT2D eigenvalue weighted by Gasteiger charge is -2.17. The van der Waals surface area contributed by atoms with Crippen molar-refractivity contribution in [3.63, 3.8) is 0 Å². The largest absolute Gasteiger partial charge is 0.497 e. The van der Waals surface area contributed by atoms with Crippen LogP contribution in [0.5, 0.6) is 5.75 Å². The summed E-state index contributed by atoms with van der Waals surface area (Å²) in [6.07, 6.45) is 1.23. The molecule has 0 aliphatic heterocycles. The van der Waals surface area contributed by atoms with Crippen LogP contribution in [-0.4, -0.2) is 13.0 Å². The number of methoxy groups -OCH3 is 1. The van der Waals surface area contributed by atoms with Crippen molar-refractivity contribution in [3.8, 4) is 5.75 Å². The molecule has 0 aromatic heterocycles. The molecule has 1 amide bonds. The summed E-state index contributed by atoms with van der Waals surface area (Å²) in [6.45, 7) is 2.07. The Hall–Kier alpha value is -1.81. The third-order valence-corrected chi connectivity index (χ3v) is 4.07. The molecule has 0 saturated heterocycles. The van der Waals surface area contributed by atoms with Gasteiger partial charge < -0.3 is 10.1 Å². The molecular formula is C18H20BrNO2. The molecule has 2 aromatic rings. The van der Waals surface area contributed by atoms with E-state index in [0.717, 1.165) is 27.8 Å². The first-order chi connectivity index (χ1) is 10.6. The van der Waals surface area contributed by atoms with Gasteiger partial charge in [-0.25, -0.2) is 0 Å². The first kappa shape index (κ1) is 16.6. The van der Waals surface area contributed by atoms with Gasteiger partial charge in [0.25, 0.3) is 0 Å². The van der Waals surface area contributed by atoms with Gasteiger partial charge in [-0.2, -0.15) is 0 Å². The zero-order valence-electron chi connectivity index (χ0n) is 12.8. The van der Waals surface area contributed by atoms with Crippen LogP contribution in [0.2, 0.25) is 0 Å². The van der Waals surface area contributed by atoms with Crippen LogP contribution in [0.15, 0.2) is 53.0 Å². The van der Waals surface area contributed by atoms with Crippen LogP contribution in [0.4, 0.5) is 0 Å². The highest BCUT2D eigenvalue weighted by molar-refractivity contribution is 9.10. The molecule has 4 heteroatoms. The van der Waals surface area contributed by atoms with E-state index >= 15 is 0 Å². The molecule has 0 spiro atoms. The molecule has 0 aliphatic rings. The number of halogens is 1. The predicted octanol–water partition coefficient (Wildman–Crippen LogP) is 4.27. The minimum atomic E-state index is 0.0277. The van der Waals surface area contributed by atoms with Gasteiger partial charge in [-0.05, 0) is 41.8 Å². The Morgan fingerprint density at radius 2 is 1.77 bits per heavy atom.